The molecule has 0 bridgehead atoms. The Labute approximate surface area is 93.4 Å². The average Bonchev–Trinajstić information content (AvgIpc) is 2.29. The molecule has 2 rings (SSSR count). The predicted molar refractivity (Wildman–Crippen MR) is 61.4 cm³/mol. The van der Waals surface area contributed by atoms with E-state index in [4.69, 9.17) is 5.11 Å². The van der Waals surface area contributed by atoms with E-state index in [1.54, 1.807) is 12.1 Å². The largest absolute Gasteiger partial charge is 0.477 e. The third-order valence-corrected chi connectivity index (χ3v) is 2.28. The van der Waals surface area contributed by atoms with Crippen LogP contribution >= 0.6 is 0 Å². The van der Waals surface area contributed by atoms with Gasteiger partial charge in [0.25, 0.3) is 0 Å². The smallest absolute Gasteiger partial charge is 0.354 e. The van der Waals surface area contributed by atoms with Crippen LogP contribution in [-0.4, -0.2) is 16.1 Å². The van der Waals surface area contributed by atoms with E-state index in [1.165, 1.54) is 6.07 Å². The van der Waals surface area contributed by atoms with Gasteiger partial charge in [-0.2, -0.15) is 0 Å². The molecule has 0 aliphatic heterocycles. The van der Waals surface area contributed by atoms with Crippen molar-refractivity contribution in [3.05, 3.63) is 53.7 Å². The van der Waals surface area contributed by atoms with Gasteiger partial charge in [0, 0.05) is 5.56 Å². The van der Waals surface area contributed by atoms with Crippen LogP contribution in [0.25, 0.3) is 11.3 Å². The van der Waals surface area contributed by atoms with Gasteiger partial charge in [0.05, 0.1) is 5.69 Å². The van der Waals surface area contributed by atoms with Crippen molar-refractivity contribution in [1.82, 2.24) is 4.98 Å². The molecular formula is C13H11NO2. The molecule has 3 heteroatoms. The van der Waals surface area contributed by atoms with Gasteiger partial charge in [0.2, 0.25) is 0 Å². The Balaban J connectivity index is 2.48. The summed E-state index contributed by atoms with van der Waals surface area (Å²) >= 11 is 0. The molecule has 1 aromatic heterocycles. The highest BCUT2D eigenvalue weighted by Crippen LogP contribution is 2.18. The molecule has 1 heterocycles. The summed E-state index contributed by atoms with van der Waals surface area (Å²) in [6, 6.07) is 12.8. The van der Waals surface area contributed by atoms with Gasteiger partial charge in [-0.15, -0.1) is 0 Å². The minimum atomic E-state index is -1.01. The molecule has 1 aromatic carbocycles. The van der Waals surface area contributed by atoms with Crippen LogP contribution in [0, 0.1) is 6.92 Å². The number of aromatic carboxylic acids is 1. The first-order chi connectivity index (χ1) is 7.66. The Bertz CT molecular complexity index is 535. The molecule has 0 radical (unpaired) electrons. The zero-order valence-corrected chi connectivity index (χ0v) is 8.84. The quantitative estimate of drug-likeness (QED) is 0.834. The molecule has 0 unspecified atom stereocenters. The second kappa shape index (κ2) is 4.14. The number of benzene rings is 1. The fourth-order valence-electron chi connectivity index (χ4n) is 1.52. The van der Waals surface area contributed by atoms with Crippen molar-refractivity contribution in [2.45, 2.75) is 6.92 Å². The van der Waals surface area contributed by atoms with Crippen molar-refractivity contribution in [1.29, 1.82) is 0 Å². The summed E-state index contributed by atoms with van der Waals surface area (Å²) in [6.07, 6.45) is 0. The summed E-state index contributed by atoms with van der Waals surface area (Å²) in [5.74, 6) is -1.01. The maximum atomic E-state index is 10.8. The van der Waals surface area contributed by atoms with Gasteiger partial charge in [-0.3, -0.25) is 0 Å². The van der Waals surface area contributed by atoms with Crippen molar-refractivity contribution in [3.8, 4) is 11.3 Å². The summed E-state index contributed by atoms with van der Waals surface area (Å²) in [7, 11) is 0. The summed E-state index contributed by atoms with van der Waals surface area (Å²) in [5, 5.41) is 8.85. The maximum absolute atomic E-state index is 10.8. The van der Waals surface area contributed by atoms with E-state index in [9.17, 15) is 4.79 Å². The molecule has 3 nitrogen and oxygen atoms in total. The van der Waals surface area contributed by atoms with Crippen LogP contribution in [-0.2, 0) is 0 Å². The second-order valence-corrected chi connectivity index (χ2v) is 3.58. The zero-order valence-electron chi connectivity index (χ0n) is 8.84. The standard InChI is InChI=1S/C13H11NO2/c1-9-4-2-5-10(8-9)11-6-3-7-12(14-11)13(15)16/h2-8H,1H3,(H,15,16). The van der Waals surface area contributed by atoms with Gasteiger partial charge in [-0.05, 0) is 25.1 Å². The molecule has 0 saturated heterocycles. The van der Waals surface area contributed by atoms with Crippen LogP contribution in [0.5, 0.6) is 0 Å². The number of carboxylic acid groups (broad SMARTS) is 1. The van der Waals surface area contributed by atoms with Gasteiger partial charge in [0.15, 0.2) is 0 Å². The fraction of sp³-hybridized carbons (Fsp3) is 0.0769. The number of carbonyl (C=O) groups is 1. The summed E-state index contributed by atoms with van der Waals surface area (Å²) in [6.45, 7) is 1.99. The lowest BCUT2D eigenvalue weighted by Gasteiger charge is -2.02. The monoisotopic (exact) mass is 213 g/mol. The Kier molecular flexibility index (Phi) is 2.68. The topological polar surface area (TPSA) is 50.2 Å². The van der Waals surface area contributed by atoms with E-state index in [0.29, 0.717) is 5.69 Å². The Morgan fingerprint density at radius 2 is 1.94 bits per heavy atom. The highest BCUT2D eigenvalue weighted by molar-refractivity contribution is 5.86. The van der Waals surface area contributed by atoms with Crippen molar-refractivity contribution in [3.63, 3.8) is 0 Å². The van der Waals surface area contributed by atoms with E-state index in [2.05, 4.69) is 4.98 Å². The van der Waals surface area contributed by atoms with Crippen LogP contribution < -0.4 is 0 Å². The van der Waals surface area contributed by atoms with Crippen molar-refractivity contribution in [2.24, 2.45) is 0 Å². The van der Waals surface area contributed by atoms with Gasteiger partial charge in [0.1, 0.15) is 5.69 Å². The molecule has 0 aliphatic rings. The van der Waals surface area contributed by atoms with E-state index >= 15 is 0 Å². The van der Waals surface area contributed by atoms with E-state index in [-0.39, 0.29) is 5.69 Å². The lowest BCUT2D eigenvalue weighted by Crippen LogP contribution is -2.00. The Morgan fingerprint density at radius 3 is 2.62 bits per heavy atom. The molecule has 0 atom stereocenters. The molecule has 0 saturated carbocycles. The van der Waals surface area contributed by atoms with Crippen LogP contribution in [0.15, 0.2) is 42.5 Å². The molecule has 16 heavy (non-hydrogen) atoms. The number of rotatable bonds is 2. The first kappa shape index (κ1) is 10.4. The number of hydrogen-bond acceptors (Lipinski definition) is 2. The number of pyridine rings is 1. The van der Waals surface area contributed by atoms with Gasteiger partial charge < -0.3 is 5.11 Å². The highest BCUT2D eigenvalue weighted by Gasteiger charge is 2.06. The molecule has 0 spiro atoms. The van der Waals surface area contributed by atoms with E-state index in [0.717, 1.165) is 11.1 Å². The fourth-order valence-corrected chi connectivity index (χ4v) is 1.52. The van der Waals surface area contributed by atoms with Crippen LogP contribution in [0.2, 0.25) is 0 Å². The van der Waals surface area contributed by atoms with Crippen LogP contribution in [0.1, 0.15) is 16.1 Å². The van der Waals surface area contributed by atoms with Crippen LogP contribution in [0.3, 0.4) is 0 Å². The maximum Gasteiger partial charge on any atom is 0.354 e. The molecule has 0 fully saturated rings. The average molecular weight is 213 g/mol. The summed E-state index contributed by atoms with van der Waals surface area (Å²) < 4.78 is 0. The van der Waals surface area contributed by atoms with Gasteiger partial charge >= 0.3 is 5.97 Å². The Hall–Kier alpha value is -2.16. The van der Waals surface area contributed by atoms with Crippen LogP contribution in [0.4, 0.5) is 0 Å². The minimum Gasteiger partial charge on any atom is -0.477 e. The summed E-state index contributed by atoms with van der Waals surface area (Å²) in [5.41, 5.74) is 2.81. The first-order valence-corrected chi connectivity index (χ1v) is 4.94. The second-order valence-electron chi connectivity index (χ2n) is 3.58. The lowest BCUT2D eigenvalue weighted by molar-refractivity contribution is 0.0690. The molecule has 80 valence electrons. The number of carboxylic acids is 1. The lowest BCUT2D eigenvalue weighted by atomic mass is 10.1. The van der Waals surface area contributed by atoms with Crippen molar-refractivity contribution in [2.75, 3.05) is 0 Å². The normalized spacial score (nSPS) is 10.1. The third kappa shape index (κ3) is 2.08. The molecule has 0 aliphatic carbocycles. The molecule has 2 aromatic rings. The molecular weight excluding hydrogens is 202 g/mol. The molecule has 1 N–H and O–H groups in total. The van der Waals surface area contributed by atoms with Gasteiger partial charge in [-0.25, -0.2) is 9.78 Å². The van der Waals surface area contributed by atoms with Crippen molar-refractivity contribution < 1.29 is 9.90 Å². The number of aryl methyl sites for hydroxylation is 1. The van der Waals surface area contributed by atoms with Crippen molar-refractivity contribution >= 4 is 5.97 Å². The predicted octanol–water partition coefficient (Wildman–Crippen LogP) is 2.76. The van der Waals surface area contributed by atoms with E-state index in [1.807, 2.05) is 31.2 Å². The Morgan fingerprint density at radius 1 is 1.19 bits per heavy atom. The third-order valence-electron chi connectivity index (χ3n) is 2.28. The number of nitrogens with zero attached hydrogens (tertiary/aromatic N) is 1. The number of aromatic nitrogens is 1. The SMILES string of the molecule is Cc1cccc(-c2cccc(C(=O)O)n2)c1. The van der Waals surface area contributed by atoms with E-state index < -0.39 is 5.97 Å². The highest BCUT2D eigenvalue weighted by atomic mass is 16.4. The minimum absolute atomic E-state index is 0.0685. The van der Waals surface area contributed by atoms with Gasteiger partial charge in [-0.1, -0.05) is 29.8 Å². The number of hydrogen-bond donors (Lipinski definition) is 1. The molecule has 0 amide bonds. The zero-order chi connectivity index (χ0) is 11.5. The first-order valence-electron chi connectivity index (χ1n) is 4.94. The summed E-state index contributed by atoms with van der Waals surface area (Å²) in [4.78, 5) is 14.9.